The number of hydrogen-bond acceptors (Lipinski definition) is 22. The van der Waals surface area contributed by atoms with Crippen molar-refractivity contribution in [2.75, 3.05) is 26.4 Å². The van der Waals surface area contributed by atoms with Gasteiger partial charge in [0.15, 0.2) is 25.0 Å². The first-order valence-corrected chi connectivity index (χ1v) is 27.8. The predicted octanol–water partition coefficient (Wildman–Crippen LogP) is -1.20. The van der Waals surface area contributed by atoms with Crippen molar-refractivity contribution in [3.63, 3.8) is 0 Å². The summed E-state index contributed by atoms with van der Waals surface area (Å²) in [5, 5.41) is 144. The number of aliphatic hydroxyl groups is 13. The highest BCUT2D eigenvalue weighted by Crippen LogP contribution is 2.79. The van der Waals surface area contributed by atoms with Gasteiger partial charge in [-0.3, -0.25) is 0 Å². The molecule has 5 aliphatic carbocycles. The molecular formula is C54H88O22. The zero-order valence-electron chi connectivity index (χ0n) is 45.1. The second-order valence-electron chi connectivity index (χ2n) is 26.6. The molecule has 0 amide bonds. The van der Waals surface area contributed by atoms with Crippen LogP contribution in [0.3, 0.4) is 0 Å². The summed E-state index contributed by atoms with van der Waals surface area (Å²) in [6.45, 7) is 15.6. The molecule has 4 saturated carbocycles. The summed E-state index contributed by atoms with van der Waals surface area (Å²) < 4.78 is 55.4. The smallest absolute Gasteiger partial charge is 0.311 e. The molecule has 2 bridgehead atoms. The standard InChI is InChI=1S/C54H88O22/c1-24-32(58)35(61)38(64)44(69-24)74-41-33(59)25(2)70-46(42(41)76-54(67)43(66)37(63)34(60)26(20-55)75-54)73-40-27(21-56)71-45(39(65)36(40)62)72-31-11-12-48(5)28(49(31,6)22-57)9-13-50(7)29(48)10-14-53-30-19-47(3,4)15-17-52(30,23-68-53)18-16-51(50,53)8/h10,14,24-46,55-67H,9,11-13,15-23H2,1-8H3. The summed E-state index contributed by atoms with van der Waals surface area (Å²) in [4.78, 5) is 0. The van der Waals surface area contributed by atoms with Gasteiger partial charge in [0.2, 0.25) is 0 Å². The third-order valence-electron chi connectivity index (χ3n) is 22.2. The number of hydrogen-bond donors (Lipinski definition) is 13. The molecule has 22 heteroatoms. The van der Waals surface area contributed by atoms with Crippen LogP contribution in [0.2, 0.25) is 0 Å². The maximum atomic E-state index is 12.0. The van der Waals surface area contributed by atoms with Crippen LogP contribution in [0.25, 0.3) is 0 Å². The Bertz CT molecular complexity index is 2120. The van der Waals surface area contributed by atoms with E-state index in [1.165, 1.54) is 26.7 Å². The fraction of sp³-hybridized carbons (Fsp3) is 0.963. The zero-order chi connectivity index (χ0) is 55.2. The summed E-state index contributed by atoms with van der Waals surface area (Å²) in [6.07, 6.45) is -21.1. The normalized spacial score (nSPS) is 58.7. The fourth-order valence-electron chi connectivity index (χ4n) is 17.2. The lowest BCUT2D eigenvalue weighted by Crippen LogP contribution is -2.71. The molecule has 1 spiro atoms. The molecule has 0 radical (unpaired) electrons. The number of aliphatic hydroxyl groups excluding tert-OH is 12. The molecule has 5 saturated heterocycles. The van der Waals surface area contributed by atoms with Crippen LogP contribution in [0.5, 0.6) is 0 Å². The minimum atomic E-state index is -3.34. The lowest BCUT2D eigenvalue weighted by molar-refractivity contribution is -0.485. The zero-order valence-corrected chi connectivity index (χ0v) is 45.1. The van der Waals surface area contributed by atoms with Gasteiger partial charge in [-0.1, -0.05) is 53.7 Å². The van der Waals surface area contributed by atoms with E-state index in [0.29, 0.717) is 12.3 Å². The van der Waals surface area contributed by atoms with Crippen molar-refractivity contribution in [1.29, 1.82) is 0 Å². The predicted molar refractivity (Wildman–Crippen MR) is 260 cm³/mol. The van der Waals surface area contributed by atoms with Crippen LogP contribution in [0.15, 0.2) is 12.2 Å². The summed E-state index contributed by atoms with van der Waals surface area (Å²) in [7, 11) is 0. The van der Waals surface area contributed by atoms with E-state index in [4.69, 9.17) is 42.6 Å². The van der Waals surface area contributed by atoms with Crippen molar-refractivity contribution in [1.82, 2.24) is 0 Å². The second kappa shape index (κ2) is 20.0. The highest BCUT2D eigenvalue weighted by atomic mass is 16.9. The molecule has 0 aromatic carbocycles. The first-order valence-electron chi connectivity index (χ1n) is 27.8. The number of allylic oxidation sites excluding steroid dienone is 1. The quantitative estimate of drug-likeness (QED) is 0.0657. The SMILES string of the molecule is CC1OC(OC2C(O)C(C)OC(OC3C(CO)OC(OC4CCC5(C)C(CCC6(C)C5C=CC57OCC8(CCC(C)(C)CC85)CCC67C)C4(C)CO)C(O)C3O)C2OC2(O)OC(CO)C(O)C(O)C2O)C(O)C(O)C1O. The van der Waals surface area contributed by atoms with Gasteiger partial charge in [-0.05, 0) is 105 Å². The van der Waals surface area contributed by atoms with Crippen LogP contribution in [-0.4, -0.2) is 227 Å². The highest BCUT2D eigenvalue weighted by Gasteiger charge is 2.77. The molecule has 22 nitrogen and oxygen atoms in total. The monoisotopic (exact) mass is 1090 g/mol. The molecule has 9 fully saturated rings. The van der Waals surface area contributed by atoms with Crippen molar-refractivity contribution in [3.8, 4) is 0 Å². The van der Waals surface area contributed by atoms with Crippen LogP contribution >= 0.6 is 0 Å². The van der Waals surface area contributed by atoms with E-state index < -0.39 is 147 Å². The van der Waals surface area contributed by atoms with Gasteiger partial charge in [0.05, 0.1) is 50.3 Å². The molecular weight excluding hydrogens is 1000 g/mol. The Kier molecular flexibility index (Phi) is 15.3. The van der Waals surface area contributed by atoms with Crippen molar-refractivity contribution in [3.05, 3.63) is 12.2 Å². The topological polar surface area (TPSA) is 346 Å². The van der Waals surface area contributed by atoms with Gasteiger partial charge in [-0.25, -0.2) is 0 Å². The molecule has 0 aromatic heterocycles. The Morgan fingerprint density at radius 1 is 0.579 bits per heavy atom. The van der Waals surface area contributed by atoms with Gasteiger partial charge in [0.25, 0.3) is 0 Å². The average molecular weight is 1090 g/mol. The average Bonchev–Trinajstić information content (AvgIpc) is 3.65. The van der Waals surface area contributed by atoms with Crippen molar-refractivity contribution >= 4 is 0 Å². The van der Waals surface area contributed by atoms with E-state index in [2.05, 4.69) is 46.8 Å². The minimum absolute atomic E-state index is 0.0386. The molecule has 5 heterocycles. The third-order valence-corrected chi connectivity index (χ3v) is 22.2. The summed E-state index contributed by atoms with van der Waals surface area (Å²) >= 11 is 0. The molecule has 5 aliphatic heterocycles. The van der Waals surface area contributed by atoms with Crippen LogP contribution in [-0.2, 0) is 42.6 Å². The van der Waals surface area contributed by atoms with Gasteiger partial charge in [0, 0.05) is 16.7 Å². The van der Waals surface area contributed by atoms with E-state index in [1.54, 1.807) is 0 Å². The molecule has 10 rings (SSSR count). The summed E-state index contributed by atoms with van der Waals surface area (Å²) in [5.41, 5.74) is -1.25. The number of rotatable bonds is 11. The number of ether oxygens (including phenoxy) is 9. The first-order chi connectivity index (χ1) is 35.5. The molecule has 13 N–H and O–H groups in total. The van der Waals surface area contributed by atoms with Crippen LogP contribution in [0.4, 0.5) is 0 Å². The van der Waals surface area contributed by atoms with E-state index in [0.717, 1.165) is 45.1 Å². The van der Waals surface area contributed by atoms with E-state index in [9.17, 15) is 66.4 Å². The Labute approximate surface area is 444 Å². The Morgan fingerprint density at radius 2 is 1.21 bits per heavy atom. The fourth-order valence-corrected chi connectivity index (χ4v) is 17.2. The Hall–Kier alpha value is -1.14. The van der Waals surface area contributed by atoms with Gasteiger partial charge < -0.3 is 109 Å². The van der Waals surface area contributed by atoms with Gasteiger partial charge in [-0.2, -0.15) is 0 Å². The maximum Gasteiger partial charge on any atom is 0.311 e. The van der Waals surface area contributed by atoms with Gasteiger partial charge in [0.1, 0.15) is 79.4 Å². The maximum absolute atomic E-state index is 12.0. The lowest BCUT2D eigenvalue weighted by Gasteiger charge is -2.73. The molecule has 0 aromatic rings. The lowest BCUT2D eigenvalue weighted by atomic mass is 9.32. The molecule has 30 atom stereocenters. The first kappa shape index (κ1) is 58.1. The van der Waals surface area contributed by atoms with Gasteiger partial charge >= 0.3 is 5.97 Å². The molecule has 76 heavy (non-hydrogen) atoms. The van der Waals surface area contributed by atoms with Crippen molar-refractivity contribution in [2.45, 2.75) is 247 Å². The van der Waals surface area contributed by atoms with Crippen LogP contribution in [0, 0.1) is 50.2 Å². The molecule has 30 unspecified atom stereocenters. The minimum Gasteiger partial charge on any atom is -0.396 e. The van der Waals surface area contributed by atoms with E-state index >= 15 is 0 Å². The van der Waals surface area contributed by atoms with Crippen LogP contribution < -0.4 is 0 Å². The largest absolute Gasteiger partial charge is 0.396 e. The Morgan fingerprint density at radius 3 is 1.89 bits per heavy atom. The second-order valence-corrected chi connectivity index (χ2v) is 26.6. The molecule has 10 aliphatic rings. The summed E-state index contributed by atoms with van der Waals surface area (Å²) in [6, 6.07) is 0. The van der Waals surface area contributed by atoms with E-state index in [1.807, 2.05) is 6.92 Å². The summed E-state index contributed by atoms with van der Waals surface area (Å²) in [5.74, 6) is -2.77. The van der Waals surface area contributed by atoms with Crippen molar-refractivity contribution in [2.24, 2.45) is 50.2 Å². The van der Waals surface area contributed by atoms with Gasteiger partial charge in [-0.15, -0.1) is 0 Å². The number of fused-ring (bicyclic) bond motifs is 4. The molecule has 436 valence electrons. The Balaban J connectivity index is 0.889. The van der Waals surface area contributed by atoms with E-state index in [-0.39, 0.29) is 51.1 Å². The third kappa shape index (κ3) is 8.54. The highest BCUT2D eigenvalue weighted by molar-refractivity contribution is 5.35. The van der Waals surface area contributed by atoms with Crippen LogP contribution in [0.1, 0.15) is 113 Å². The van der Waals surface area contributed by atoms with Crippen molar-refractivity contribution < 1.29 is 109 Å².